The Bertz CT molecular complexity index is 1000. The van der Waals surface area contributed by atoms with Crippen molar-refractivity contribution in [3.63, 3.8) is 0 Å². The smallest absolute Gasteiger partial charge is 0.323 e. The molecule has 0 unspecified atom stereocenters. The monoisotopic (exact) mass is 414 g/mol. The lowest BCUT2D eigenvalue weighted by Crippen LogP contribution is -2.44. The first-order chi connectivity index (χ1) is 14.4. The van der Waals surface area contributed by atoms with Gasteiger partial charge >= 0.3 is 6.03 Å². The number of benzene rings is 2. The van der Waals surface area contributed by atoms with E-state index in [1.165, 1.54) is 16.8 Å². The fraction of sp³-hybridized carbons (Fsp3) is 0.273. The number of hydrogen-bond donors (Lipinski definition) is 2. The number of halogens is 2. The number of amides is 2. The van der Waals surface area contributed by atoms with Crippen molar-refractivity contribution in [3.8, 4) is 11.3 Å². The zero-order chi connectivity index (χ0) is 21.7. The Morgan fingerprint density at radius 1 is 1.20 bits per heavy atom. The summed E-state index contributed by atoms with van der Waals surface area (Å²) in [5.74, 6) is -1.06. The molecule has 2 amide bonds. The molecule has 3 rings (SSSR count). The van der Waals surface area contributed by atoms with Crippen LogP contribution in [0.15, 0.2) is 54.6 Å². The molecule has 0 aliphatic rings. The molecule has 8 heteroatoms. The second-order valence-corrected chi connectivity index (χ2v) is 6.95. The number of nitrogens with zero attached hydrogens (tertiary/aromatic N) is 3. The molecule has 1 heterocycles. The molecule has 158 valence electrons. The summed E-state index contributed by atoms with van der Waals surface area (Å²) in [4.78, 5) is 14.6. The molecule has 0 bridgehead atoms. The van der Waals surface area contributed by atoms with E-state index < -0.39 is 17.7 Å². The van der Waals surface area contributed by atoms with Crippen LogP contribution in [-0.4, -0.2) is 38.5 Å². The van der Waals surface area contributed by atoms with E-state index in [0.29, 0.717) is 18.8 Å². The van der Waals surface area contributed by atoms with Crippen molar-refractivity contribution in [3.05, 3.63) is 71.8 Å². The van der Waals surface area contributed by atoms with Gasteiger partial charge in [0.15, 0.2) is 0 Å². The first kappa shape index (κ1) is 21.4. The highest BCUT2D eigenvalue weighted by Gasteiger charge is 2.23. The zero-order valence-electron chi connectivity index (χ0n) is 16.8. The number of urea groups is 1. The van der Waals surface area contributed by atoms with Crippen LogP contribution in [0, 0.1) is 11.6 Å². The number of aromatic nitrogens is 2. The summed E-state index contributed by atoms with van der Waals surface area (Å²) in [5.41, 5.74) is 1.34. The normalized spacial score (nSPS) is 11.9. The van der Waals surface area contributed by atoms with Crippen molar-refractivity contribution in [1.29, 1.82) is 0 Å². The van der Waals surface area contributed by atoms with Gasteiger partial charge in [-0.25, -0.2) is 13.6 Å². The molecule has 0 spiro atoms. The molecule has 30 heavy (non-hydrogen) atoms. The number of carbonyl (C=O) groups excluding carboxylic acids is 1. The molecule has 0 radical (unpaired) electrons. The van der Waals surface area contributed by atoms with Gasteiger partial charge in [0.1, 0.15) is 17.5 Å². The Labute approximate surface area is 173 Å². The van der Waals surface area contributed by atoms with E-state index in [1.54, 1.807) is 11.9 Å². The van der Waals surface area contributed by atoms with Gasteiger partial charge in [0.2, 0.25) is 0 Å². The molecule has 3 aromatic rings. The summed E-state index contributed by atoms with van der Waals surface area (Å²) in [6.07, 6.45) is 0.578. The van der Waals surface area contributed by atoms with E-state index in [9.17, 15) is 18.7 Å². The highest BCUT2D eigenvalue weighted by Crippen LogP contribution is 2.25. The molecule has 0 saturated carbocycles. The van der Waals surface area contributed by atoms with Crippen LogP contribution < -0.4 is 5.32 Å². The number of nitrogens with one attached hydrogen (secondary N) is 1. The number of aliphatic hydroxyl groups excluding tert-OH is 1. The molecular weight excluding hydrogens is 390 g/mol. The van der Waals surface area contributed by atoms with E-state index in [4.69, 9.17) is 0 Å². The summed E-state index contributed by atoms with van der Waals surface area (Å²) < 4.78 is 28.7. The van der Waals surface area contributed by atoms with Crippen LogP contribution >= 0.6 is 0 Å². The van der Waals surface area contributed by atoms with Crippen molar-refractivity contribution in [1.82, 2.24) is 14.7 Å². The average molecular weight is 414 g/mol. The number of aliphatic hydroxyl groups is 1. The summed E-state index contributed by atoms with van der Waals surface area (Å²) in [5, 5.41) is 16.7. The molecule has 0 aliphatic carbocycles. The summed E-state index contributed by atoms with van der Waals surface area (Å²) in [6, 6.07) is 13.5. The SMILES string of the molecule is CC[C@@H](CO)N(Cc1ccccc1)C(=O)Nc1cc(-c2ccc(F)cc2F)nn1C. The second kappa shape index (κ2) is 9.49. The van der Waals surface area contributed by atoms with Crippen molar-refractivity contribution < 1.29 is 18.7 Å². The Hall–Kier alpha value is -3.26. The van der Waals surface area contributed by atoms with Gasteiger partial charge in [-0.15, -0.1) is 0 Å². The average Bonchev–Trinajstić information content (AvgIpc) is 3.08. The highest BCUT2D eigenvalue weighted by atomic mass is 19.1. The number of aryl methyl sites for hydroxylation is 1. The second-order valence-electron chi connectivity index (χ2n) is 6.95. The molecule has 2 N–H and O–H groups in total. The number of hydrogen-bond acceptors (Lipinski definition) is 3. The van der Waals surface area contributed by atoms with Crippen LogP contribution in [0.4, 0.5) is 19.4 Å². The third-order valence-corrected chi connectivity index (χ3v) is 4.90. The van der Waals surface area contributed by atoms with E-state index >= 15 is 0 Å². The number of anilines is 1. The first-order valence-corrected chi connectivity index (χ1v) is 9.64. The maximum absolute atomic E-state index is 14.1. The third kappa shape index (κ3) is 4.83. The third-order valence-electron chi connectivity index (χ3n) is 4.90. The first-order valence-electron chi connectivity index (χ1n) is 9.64. The van der Waals surface area contributed by atoms with Crippen LogP contribution in [0.1, 0.15) is 18.9 Å². The fourth-order valence-electron chi connectivity index (χ4n) is 3.19. The van der Waals surface area contributed by atoms with Gasteiger partial charge in [-0.3, -0.25) is 10.00 Å². The minimum Gasteiger partial charge on any atom is -0.394 e. The van der Waals surface area contributed by atoms with Gasteiger partial charge < -0.3 is 10.0 Å². The molecule has 1 aromatic heterocycles. The zero-order valence-corrected chi connectivity index (χ0v) is 16.8. The molecular formula is C22H24F2N4O2. The van der Waals surface area contributed by atoms with Crippen molar-refractivity contribution in [2.24, 2.45) is 7.05 Å². The fourth-order valence-corrected chi connectivity index (χ4v) is 3.19. The van der Waals surface area contributed by atoms with Crippen molar-refractivity contribution >= 4 is 11.8 Å². The van der Waals surface area contributed by atoms with Gasteiger partial charge in [0.05, 0.1) is 18.3 Å². The van der Waals surface area contributed by atoms with Gasteiger partial charge in [-0.2, -0.15) is 5.10 Å². The molecule has 0 fully saturated rings. The van der Waals surface area contributed by atoms with Crippen LogP contribution in [0.5, 0.6) is 0 Å². The maximum Gasteiger partial charge on any atom is 0.323 e. The lowest BCUT2D eigenvalue weighted by Gasteiger charge is -2.30. The van der Waals surface area contributed by atoms with Crippen LogP contribution in [0.3, 0.4) is 0 Å². The maximum atomic E-state index is 14.1. The summed E-state index contributed by atoms with van der Waals surface area (Å²) >= 11 is 0. The van der Waals surface area contributed by atoms with Crippen LogP contribution in [-0.2, 0) is 13.6 Å². The number of carbonyl (C=O) groups is 1. The topological polar surface area (TPSA) is 70.4 Å². The van der Waals surface area contributed by atoms with Crippen LogP contribution in [0.2, 0.25) is 0 Å². The summed E-state index contributed by atoms with van der Waals surface area (Å²) in [7, 11) is 1.62. The largest absolute Gasteiger partial charge is 0.394 e. The molecule has 6 nitrogen and oxygen atoms in total. The van der Waals surface area contributed by atoms with E-state index in [-0.39, 0.29) is 23.9 Å². The minimum atomic E-state index is -0.733. The van der Waals surface area contributed by atoms with E-state index in [0.717, 1.165) is 17.7 Å². The lowest BCUT2D eigenvalue weighted by atomic mass is 10.1. The standard InChI is InChI=1S/C22H24F2N4O2/c1-3-17(14-29)28(13-15-7-5-4-6-8-15)22(30)25-21-12-20(26-27(21)2)18-10-9-16(23)11-19(18)24/h4-12,17,29H,3,13-14H2,1-2H3,(H,25,30)/t17-/m0/s1. The Morgan fingerprint density at radius 3 is 2.57 bits per heavy atom. The summed E-state index contributed by atoms with van der Waals surface area (Å²) in [6.45, 7) is 2.04. The predicted molar refractivity (Wildman–Crippen MR) is 111 cm³/mol. The van der Waals surface area contributed by atoms with Gasteiger partial charge in [0, 0.05) is 31.3 Å². The molecule has 1 atom stereocenters. The molecule has 0 saturated heterocycles. The van der Waals surface area contributed by atoms with E-state index in [1.807, 2.05) is 37.3 Å². The number of rotatable bonds is 7. The highest BCUT2D eigenvalue weighted by molar-refractivity contribution is 5.89. The van der Waals surface area contributed by atoms with Gasteiger partial charge in [-0.1, -0.05) is 37.3 Å². The predicted octanol–water partition coefficient (Wildman–Crippen LogP) is 4.17. The van der Waals surface area contributed by atoms with Crippen molar-refractivity contribution in [2.75, 3.05) is 11.9 Å². The van der Waals surface area contributed by atoms with Gasteiger partial charge in [-0.05, 0) is 24.1 Å². The van der Waals surface area contributed by atoms with Crippen LogP contribution in [0.25, 0.3) is 11.3 Å². The van der Waals surface area contributed by atoms with Gasteiger partial charge in [0.25, 0.3) is 0 Å². The Kier molecular flexibility index (Phi) is 6.79. The minimum absolute atomic E-state index is 0.135. The quantitative estimate of drug-likeness (QED) is 0.610. The molecule has 2 aromatic carbocycles. The Morgan fingerprint density at radius 2 is 1.93 bits per heavy atom. The lowest BCUT2D eigenvalue weighted by molar-refractivity contribution is 0.134. The Balaban J connectivity index is 1.84. The molecule has 0 aliphatic heterocycles. The van der Waals surface area contributed by atoms with E-state index in [2.05, 4.69) is 10.4 Å². The van der Waals surface area contributed by atoms with Crippen molar-refractivity contribution in [2.45, 2.75) is 25.9 Å².